The van der Waals surface area contributed by atoms with E-state index in [0.29, 0.717) is 5.82 Å². The van der Waals surface area contributed by atoms with Gasteiger partial charge in [0.2, 0.25) is 0 Å². The Morgan fingerprint density at radius 3 is 3.00 bits per heavy atom. The van der Waals surface area contributed by atoms with E-state index in [1.165, 1.54) is 0 Å². The van der Waals surface area contributed by atoms with Gasteiger partial charge >= 0.3 is 0 Å². The van der Waals surface area contributed by atoms with Gasteiger partial charge < -0.3 is 5.73 Å². The lowest BCUT2D eigenvalue weighted by atomic mass is 10.3. The molecule has 0 spiro atoms. The van der Waals surface area contributed by atoms with Gasteiger partial charge in [-0.1, -0.05) is 17.4 Å². The molecule has 16 heavy (non-hydrogen) atoms. The zero-order valence-corrected chi connectivity index (χ0v) is 8.87. The van der Waals surface area contributed by atoms with Crippen LogP contribution in [0.5, 0.6) is 0 Å². The van der Waals surface area contributed by atoms with Gasteiger partial charge in [0.1, 0.15) is 11.5 Å². The van der Waals surface area contributed by atoms with E-state index in [2.05, 4.69) is 21.9 Å². The number of pyridine rings is 1. The molecule has 0 amide bonds. The standard InChI is InChI=1S/C11H13N5/c1-2-3-7-16-8-10(14-15-16)9-5-4-6-11(12)13-9/h2,4-6,8H,1,3,7H2,(H2,12,13). The number of rotatable bonds is 4. The van der Waals surface area contributed by atoms with Crippen LogP contribution in [0.2, 0.25) is 0 Å². The summed E-state index contributed by atoms with van der Waals surface area (Å²) in [5, 5.41) is 8.04. The van der Waals surface area contributed by atoms with Crippen LogP contribution in [0.3, 0.4) is 0 Å². The fraction of sp³-hybridized carbons (Fsp3) is 0.182. The van der Waals surface area contributed by atoms with Crippen molar-refractivity contribution in [3.8, 4) is 11.4 Å². The van der Waals surface area contributed by atoms with Gasteiger partial charge in [0.15, 0.2) is 0 Å². The van der Waals surface area contributed by atoms with E-state index in [0.717, 1.165) is 24.4 Å². The fourth-order valence-electron chi connectivity index (χ4n) is 1.34. The molecule has 0 atom stereocenters. The summed E-state index contributed by atoms with van der Waals surface area (Å²) in [6.07, 6.45) is 4.57. The molecule has 0 aromatic carbocycles. The number of nitrogens with zero attached hydrogens (tertiary/aromatic N) is 4. The number of nitrogens with two attached hydrogens (primary N) is 1. The Balaban J connectivity index is 2.21. The van der Waals surface area contributed by atoms with Crippen LogP contribution >= 0.6 is 0 Å². The molecule has 5 nitrogen and oxygen atoms in total. The van der Waals surface area contributed by atoms with E-state index < -0.39 is 0 Å². The zero-order chi connectivity index (χ0) is 11.4. The predicted octanol–water partition coefficient (Wildman–Crippen LogP) is 1.50. The highest BCUT2D eigenvalue weighted by molar-refractivity contribution is 5.54. The first kappa shape index (κ1) is 10.4. The van der Waals surface area contributed by atoms with Crippen LogP contribution in [-0.2, 0) is 6.54 Å². The highest BCUT2D eigenvalue weighted by Crippen LogP contribution is 2.14. The highest BCUT2D eigenvalue weighted by Gasteiger charge is 2.04. The molecule has 2 aromatic heterocycles. The van der Waals surface area contributed by atoms with E-state index >= 15 is 0 Å². The first-order valence-corrected chi connectivity index (χ1v) is 5.03. The number of hydrogen-bond donors (Lipinski definition) is 1. The van der Waals surface area contributed by atoms with Crippen molar-refractivity contribution in [3.05, 3.63) is 37.1 Å². The van der Waals surface area contributed by atoms with Gasteiger partial charge in [0.25, 0.3) is 0 Å². The van der Waals surface area contributed by atoms with Crippen LogP contribution in [0.4, 0.5) is 5.82 Å². The van der Waals surface area contributed by atoms with E-state index in [-0.39, 0.29) is 0 Å². The van der Waals surface area contributed by atoms with Gasteiger partial charge in [0, 0.05) is 6.54 Å². The third-order valence-corrected chi connectivity index (χ3v) is 2.13. The van der Waals surface area contributed by atoms with Crippen LogP contribution in [0.15, 0.2) is 37.1 Å². The molecule has 82 valence electrons. The van der Waals surface area contributed by atoms with E-state index in [1.807, 2.05) is 24.4 Å². The molecule has 2 heterocycles. The molecule has 0 unspecified atom stereocenters. The van der Waals surface area contributed by atoms with Crippen molar-refractivity contribution < 1.29 is 0 Å². The number of aryl methyl sites for hydroxylation is 1. The van der Waals surface area contributed by atoms with Gasteiger partial charge in [-0.3, -0.25) is 4.68 Å². The Morgan fingerprint density at radius 1 is 1.38 bits per heavy atom. The minimum Gasteiger partial charge on any atom is -0.384 e. The third kappa shape index (κ3) is 2.25. The summed E-state index contributed by atoms with van der Waals surface area (Å²) < 4.78 is 1.77. The molecule has 0 aliphatic heterocycles. The van der Waals surface area contributed by atoms with Crippen LogP contribution in [0.1, 0.15) is 6.42 Å². The number of aromatic nitrogens is 4. The van der Waals surface area contributed by atoms with E-state index in [4.69, 9.17) is 5.73 Å². The lowest BCUT2D eigenvalue weighted by Gasteiger charge is -1.96. The maximum atomic E-state index is 5.60. The van der Waals surface area contributed by atoms with Gasteiger partial charge in [-0.25, -0.2) is 4.98 Å². The van der Waals surface area contributed by atoms with Gasteiger partial charge in [-0.15, -0.1) is 11.7 Å². The Hall–Kier alpha value is -2.17. The molecule has 0 saturated carbocycles. The van der Waals surface area contributed by atoms with Crippen LogP contribution in [0.25, 0.3) is 11.4 Å². The number of allylic oxidation sites excluding steroid dienone is 1. The Morgan fingerprint density at radius 2 is 2.25 bits per heavy atom. The minimum atomic E-state index is 0.484. The lowest BCUT2D eigenvalue weighted by Crippen LogP contribution is -1.96. The van der Waals surface area contributed by atoms with Gasteiger partial charge in [0.05, 0.1) is 11.9 Å². The molecule has 0 saturated heterocycles. The second-order valence-corrected chi connectivity index (χ2v) is 3.39. The van der Waals surface area contributed by atoms with Crippen molar-refractivity contribution in [2.75, 3.05) is 5.73 Å². The molecule has 0 fully saturated rings. The molecule has 0 radical (unpaired) electrons. The number of anilines is 1. The monoisotopic (exact) mass is 215 g/mol. The summed E-state index contributed by atoms with van der Waals surface area (Å²) in [7, 11) is 0. The van der Waals surface area contributed by atoms with E-state index in [9.17, 15) is 0 Å². The van der Waals surface area contributed by atoms with Crippen molar-refractivity contribution in [2.24, 2.45) is 0 Å². The average molecular weight is 215 g/mol. The Bertz CT molecular complexity index is 489. The minimum absolute atomic E-state index is 0.484. The fourth-order valence-corrected chi connectivity index (χ4v) is 1.34. The largest absolute Gasteiger partial charge is 0.384 e. The summed E-state index contributed by atoms with van der Waals surface area (Å²) >= 11 is 0. The molecule has 5 heteroatoms. The second kappa shape index (κ2) is 4.57. The lowest BCUT2D eigenvalue weighted by molar-refractivity contribution is 0.597. The summed E-state index contributed by atoms with van der Waals surface area (Å²) in [5.74, 6) is 0.484. The molecular formula is C11H13N5. The molecule has 0 aliphatic rings. The van der Waals surface area contributed by atoms with E-state index in [1.54, 1.807) is 10.7 Å². The Labute approximate surface area is 93.6 Å². The average Bonchev–Trinajstić information content (AvgIpc) is 2.75. The SMILES string of the molecule is C=CCCn1cc(-c2cccc(N)n2)nn1. The topological polar surface area (TPSA) is 69.6 Å². The number of nitrogen functional groups attached to an aromatic ring is 1. The first-order chi connectivity index (χ1) is 7.79. The maximum Gasteiger partial charge on any atom is 0.131 e. The predicted molar refractivity (Wildman–Crippen MR) is 62.5 cm³/mol. The molecule has 0 bridgehead atoms. The molecular weight excluding hydrogens is 202 g/mol. The summed E-state index contributed by atoms with van der Waals surface area (Å²) in [5.41, 5.74) is 7.08. The smallest absolute Gasteiger partial charge is 0.131 e. The zero-order valence-electron chi connectivity index (χ0n) is 8.87. The van der Waals surface area contributed by atoms with Gasteiger partial charge in [-0.2, -0.15) is 0 Å². The molecule has 0 aliphatic carbocycles. The number of hydrogen-bond acceptors (Lipinski definition) is 4. The van der Waals surface area contributed by atoms with Gasteiger partial charge in [-0.05, 0) is 18.6 Å². The van der Waals surface area contributed by atoms with Crippen LogP contribution in [-0.4, -0.2) is 20.0 Å². The third-order valence-electron chi connectivity index (χ3n) is 2.13. The summed E-state index contributed by atoms with van der Waals surface area (Å²) in [6.45, 7) is 4.44. The van der Waals surface area contributed by atoms with Crippen molar-refractivity contribution in [3.63, 3.8) is 0 Å². The van der Waals surface area contributed by atoms with Crippen molar-refractivity contribution in [2.45, 2.75) is 13.0 Å². The molecule has 2 N–H and O–H groups in total. The Kier molecular flexibility index (Phi) is 2.95. The maximum absolute atomic E-state index is 5.60. The second-order valence-electron chi connectivity index (χ2n) is 3.39. The molecule has 2 aromatic rings. The van der Waals surface area contributed by atoms with Crippen LogP contribution < -0.4 is 5.73 Å². The van der Waals surface area contributed by atoms with Crippen molar-refractivity contribution >= 4 is 5.82 Å². The first-order valence-electron chi connectivity index (χ1n) is 5.03. The quantitative estimate of drug-likeness (QED) is 0.784. The summed E-state index contributed by atoms with van der Waals surface area (Å²) in [4.78, 5) is 4.18. The molecule has 2 rings (SSSR count). The van der Waals surface area contributed by atoms with Crippen molar-refractivity contribution in [1.82, 2.24) is 20.0 Å². The van der Waals surface area contributed by atoms with Crippen molar-refractivity contribution in [1.29, 1.82) is 0 Å². The summed E-state index contributed by atoms with van der Waals surface area (Å²) in [6, 6.07) is 5.45. The normalized spacial score (nSPS) is 10.2. The highest BCUT2D eigenvalue weighted by atomic mass is 15.4. The van der Waals surface area contributed by atoms with Crippen LogP contribution in [0, 0.1) is 0 Å².